The van der Waals surface area contributed by atoms with Gasteiger partial charge in [-0.2, -0.15) is 0 Å². The first-order chi connectivity index (χ1) is 10.1. The summed E-state index contributed by atoms with van der Waals surface area (Å²) < 4.78 is 0. The number of aryl methyl sites for hydroxylation is 1. The van der Waals surface area contributed by atoms with Gasteiger partial charge in [-0.25, -0.2) is 0 Å². The van der Waals surface area contributed by atoms with Gasteiger partial charge < -0.3 is 10.6 Å². The van der Waals surface area contributed by atoms with E-state index in [-0.39, 0.29) is 0 Å². The zero-order valence-corrected chi connectivity index (χ0v) is 13.9. The molecule has 21 heavy (non-hydrogen) atoms. The van der Waals surface area contributed by atoms with E-state index >= 15 is 0 Å². The van der Waals surface area contributed by atoms with Crippen LogP contribution in [0.15, 0.2) is 18.2 Å². The van der Waals surface area contributed by atoms with Crippen LogP contribution in [0.2, 0.25) is 0 Å². The highest BCUT2D eigenvalue weighted by Crippen LogP contribution is 2.31. The monoisotopic (exact) mass is 289 g/mol. The zero-order valence-electron chi connectivity index (χ0n) is 13.9. The maximum atomic E-state index is 6.36. The summed E-state index contributed by atoms with van der Waals surface area (Å²) in [5.41, 5.74) is 8.62. The minimum Gasteiger partial charge on any atom is -0.327 e. The summed E-state index contributed by atoms with van der Waals surface area (Å²) in [5.74, 6) is 1.54. The molecule has 3 heteroatoms. The van der Waals surface area contributed by atoms with Gasteiger partial charge in [0.2, 0.25) is 0 Å². The highest BCUT2D eigenvalue weighted by molar-refractivity contribution is 5.09. The first-order valence-corrected chi connectivity index (χ1v) is 8.45. The lowest BCUT2D eigenvalue weighted by Crippen LogP contribution is -2.42. The Morgan fingerprint density at radius 3 is 2.86 bits per heavy atom. The van der Waals surface area contributed by atoms with Crippen molar-refractivity contribution in [2.45, 2.75) is 58.5 Å². The summed E-state index contributed by atoms with van der Waals surface area (Å²) in [7, 11) is 2.19. The molecule has 3 unspecified atom stereocenters. The molecule has 3 atom stereocenters. The van der Waals surface area contributed by atoms with Crippen LogP contribution in [0, 0.1) is 18.8 Å². The van der Waals surface area contributed by atoms with Crippen molar-refractivity contribution >= 4 is 0 Å². The van der Waals surface area contributed by atoms with E-state index in [1.54, 1.807) is 0 Å². The average molecular weight is 289 g/mol. The van der Waals surface area contributed by atoms with E-state index in [0.717, 1.165) is 30.4 Å². The molecule has 0 amide bonds. The van der Waals surface area contributed by atoms with E-state index in [4.69, 9.17) is 5.73 Å². The number of pyridine rings is 1. The number of hydrogen-bond donors (Lipinski definition) is 1. The maximum Gasteiger partial charge on any atom is 0.0547 e. The van der Waals surface area contributed by atoms with Crippen LogP contribution in [-0.4, -0.2) is 29.5 Å². The molecule has 0 spiro atoms. The first-order valence-electron chi connectivity index (χ1n) is 8.45. The van der Waals surface area contributed by atoms with Crippen molar-refractivity contribution in [3.05, 3.63) is 29.6 Å². The van der Waals surface area contributed by atoms with E-state index in [1.807, 2.05) is 0 Å². The van der Waals surface area contributed by atoms with E-state index in [1.165, 1.54) is 32.1 Å². The second kappa shape index (κ2) is 7.90. The van der Waals surface area contributed by atoms with E-state index in [0.29, 0.717) is 12.0 Å². The van der Waals surface area contributed by atoms with Gasteiger partial charge in [0, 0.05) is 24.8 Å². The second-order valence-electron chi connectivity index (χ2n) is 6.86. The third kappa shape index (κ3) is 5.08. The van der Waals surface area contributed by atoms with Gasteiger partial charge in [-0.1, -0.05) is 25.8 Å². The molecule has 0 aromatic carbocycles. The largest absolute Gasteiger partial charge is 0.327 e. The molecule has 1 heterocycles. The smallest absolute Gasteiger partial charge is 0.0547 e. The van der Waals surface area contributed by atoms with E-state index in [2.05, 4.69) is 49.0 Å². The van der Waals surface area contributed by atoms with Crippen molar-refractivity contribution < 1.29 is 0 Å². The molecule has 1 aliphatic rings. The van der Waals surface area contributed by atoms with E-state index < -0.39 is 0 Å². The Labute approximate surface area is 129 Å². The minimum absolute atomic E-state index is 0.381. The summed E-state index contributed by atoms with van der Waals surface area (Å²) in [5, 5.41) is 0. The molecule has 3 nitrogen and oxygen atoms in total. The molecule has 1 fully saturated rings. The van der Waals surface area contributed by atoms with Gasteiger partial charge in [0.1, 0.15) is 0 Å². The number of aromatic nitrogens is 1. The zero-order chi connectivity index (χ0) is 15.2. The van der Waals surface area contributed by atoms with Crippen molar-refractivity contribution in [1.29, 1.82) is 0 Å². The van der Waals surface area contributed by atoms with Gasteiger partial charge >= 0.3 is 0 Å². The van der Waals surface area contributed by atoms with Crippen LogP contribution in [0.25, 0.3) is 0 Å². The van der Waals surface area contributed by atoms with Crippen LogP contribution < -0.4 is 5.73 Å². The average Bonchev–Trinajstić information content (AvgIpc) is 2.43. The first kappa shape index (κ1) is 16.4. The van der Waals surface area contributed by atoms with Crippen LogP contribution >= 0.6 is 0 Å². The predicted octanol–water partition coefficient (Wildman–Crippen LogP) is 3.37. The fourth-order valence-electron chi connectivity index (χ4n) is 3.69. The van der Waals surface area contributed by atoms with Crippen LogP contribution in [0.3, 0.4) is 0 Å². The molecule has 0 aliphatic heterocycles. The van der Waals surface area contributed by atoms with Crippen LogP contribution in [0.4, 0.5) is 0 Å². The van der Waals surface area contributed by atoms with Crippen LogP contribution in [0.5, 0.6) is 0 Å². The van der Waals surface area contributed by atoms with Crippen molar-refractivity contribution in [1.82, 2.24) is 9.88 Å². The van der Waals surface area contributed by atoms with Gasteiger partial charge in [-0.3, -0.25) is 4.98 Å². The van der Waals surface area contributed by atoms with Crippen LogP contribution in [-0.2, 0) is 6.54 Å². The summed E-state index contributed by atoms with van der Waals surface area (Å²) in [4.78, 5) is 6.99. The second-order valence-corrected chi connectivity index (χ2v) is 6.86. The third-order valence-electron chi connectivity index (χ3n) is 4.77. The quantitative estimate of drug-likeness (QED) is 0.873. The lowest BCUT2D eigenvalue weighted by Gasteiger charge is -2.36. The lowest BCUT2D eigenvalue weighted by atomic mass is 9.76. The highest BCUT2D eigenvalue weighted by Gasteiger charge is 2.28. The Kier molecular flexibility index (Phi) is 6.19. The van der Waals surface area contributed by atoms with Gasteiger partial charge in [0.25, 0.3) is 0 Å². The minimum atomic E-state index is 0.381. The number of rotatable bonds is 6. The number of nitrogens with two attached hydrogens (primary N) is 1. The molecular formula is C18H31N3. The molecule has 118 valence electrons. The van der Waals surface area contributed by atoms with Crippen molar-refractivity contribution in [2.75, 3.05) is 13.6 Å². The summed E-state index contributed by atoms with van der Waals surface area (Å²) in [6.07, 6.45) is 6.50. The summed E-state index contributed by atoms with van der Waals surface area (Å²) in [6, 6.07) is 6.64. The normalized spacial score (nSPS) is 26.2. The standard InChI is InChI=1S/C18H31N3/c1-4-6-15-9-10-18(19)16(11-15)12-21(3)13-17-8-5-7-14(2)20-17/h5,7-8,15-16,18H,4,6,9-13,19H2,1-3H3. The molecule has 1 aliphatic carbocycles. The Hall–Kier alpha value is -0.930. The Balaban J connectivity index is 1.87. The Morgan fingerprint density at radius 1 is 1.33 bits per heavy atom. The van der Waals surface area contributed by atoms with Crippen molar-refractivity contribution in [3.63, 3.8) is 0 Å². The topological polar surface area (TPSA) is 42.1 Å². The number of nitrogens with zero attached hydrogens (tertiary/aromatic N) is 2. The Morgan fingerprint density at radius 2 is 2.14 bits per heavy atom. The summed E-state index contributed by atoms with van der Waals surface area (Å²) in [6.45, 7) is 6.36. The molecule has 0 bridgehead atoms. The van der Waals surface area contributed by atoms with Gasteiger partial charge in [-0.05, 0) is 57.2 Å². The molecule has 2 N–H and O–H groups in total. The maximum absolute atomic E-state index is 6.36. The van der Waals surface area contributed by atoms with E-state index in [9.17, 15) is 0 Å². The fourth-order valence-corrected chi connectivity index (χ4v) is 3.69. The molecular weight excluding hydrogens is 258 g/mol. The van der Waals surface area contributed by atoms with Crippen molar-refractivity contribution in [2.24, 2.45) is 17.6 Å². The molecule has 0 saturated heterocycles. The van der Waals surface area contributed by atoms with Crippen LogP contribution in [0.1, 0.15) is 50.4 Å². The number of hydrogen-bond acceptors (Lipinski definition) is 3. The summed E-state index contributed by atoms with van der Waals surface area (Å²) >= 11 is 0. The fraction of sp³-hybridized carbons (Fsp3) is 0.722. The third-order valence-corrected chi connectivity index (χ3v) is 4.77. The van der Waals surface area contributed by atoms with Gasteiger partial charge in [-0.15, -0.1) is 0 Å². The molecule has 1 aromatic heterocycles. The Bertz CT molecular complexity index is 432. The van der Waals surface area contributed by atoms with Gasteiger partial charge in [0.05, 0.1) is 5.69 Å². The predicted molar refractivity (Wildman–Crippen MR) is 89.0 cm³/mol. The highest BCUT2D eigenvalue weighted by atomic mass is 15.1. The van der Waals surface area contributed by atoms with Gasteiger partial charge in [0.15, 0.2) is 0 Å². The molecule has 0 radical (unpaired) electrons. The molecule has 1 saturated carbocycles. The van der Waals surface area contributed by atoms with Crippen molar-refractivity contribution in [3.8, 4) is 0 Å². The lowest BCUT2D eigenvalue weighted by molar-refractivity contribution is 0.164. The molecule has 1 aromatic rings. The SMILES string of the molecule is CCCC1CCC(N)C(CN(C)Cc2cccc(C)n2)C1. The molecule has 2 rings (SSSR count).